The molecular formula is C22H19ClN2O4. The van der Waals surface area contributed by atoms with Crippen LogP contribution in [-0.2, 0) is 16.1 Å². The number of ether oxygens (including phenoxy) is 2. The van der Waals surface area contributed by atoms with Gasteiger partial charge in [0.2, 0.25) is 0 Å². The molecule has 1 aromatic heterocycles. The van der Waals surface area contributed by atoms with Gasteiger partial charge in [0.25, 0.3) is 5.91 Å². The van der Waals surface area contributed by atoms with E-state index >= 15 is 0 Å². The van der Waals surface area contributed by atoms with Gasteiger partial charge in [-0.1, -0.05) is 54.1 Å². The van der Waals surface area contributed by atoms with Gasteiger partial charge in [-0.15, -0.1) is 0 Å². The summed E-state index contributed by atoms with van der Waals surface area (Å²) in [7, 11) is 0. The van der Waals surface area contributed by atoms with Crippen molar-refractivity contribution in [1.29, 1.82) is 0 Å². The predicted octanol–water partition coefficient (Wildman–Crippen LogP) is 4.50. The third-order valence-electron chi connectivity index (χ3n) is 3.98. The Hall–Kier alpha value is -3.38. The van der Waals surface area contributed by atoms with E-state index in [9.17, 15) is 9.59 Å². The first-order chi connectivity index (χ1) is 14.0. The van der Waals surface area contributed by atoms with E-state index in [0.29, 0.717) is 23.2 Å². The van der Waals surface area contributed by atoms with Crippen molar-refractivity contribution in [1.82, 2.24) is 4.98 Å². The quantitative estimate of drug-likeness (QED) is 0.580. The maximum Gasteiger partial charge on any atom is 0.342 e. The average Bonchev–Trinajstić information content (AvgIpc) is 2.74. The van der Waals surface area contributed by atoms with Crippen LogP contribution in [0.1, 0.15) is 22.8 Å². The summed E-state index contributed by atoms with van der Waals surface area (Å²) in [5, 5.41) is 3.02. The van der Waals surface area contributed by atoms with E-state index in [-0.39, 0.29) is 5.56 Å². The SMILES string of the molecule is C[C@@H](OC(=O)c1ccccc1OCc1ccccc1)C(=O)Nc1ccc(Cl)cn1. The molecule has 1 atom stereocenters. The molecular weight excluding hydrogens is 392 g/mol. The van der Waals surface area contributed by atoms with Gasteiger partial charge >= 0.3 is 5.97 Å². The molecule has 7 heteroatoms. The highest BCUT2D eigenvalue weighted by Gasteiger charge is 2.21. The molecule has 1 heterocycles. The Balaban J connectivity index is 1.62. The van der Waals surface area contributed by atoms with Crippen LogP contribution in [-0.4, -0.2) is 23.0 Å². The minimum absolute atomic E-state index is 0.243. The van der Waals surface area contributed by atoms with Crippen LogP contribution >= 0.6 is 11.6 Å². The summed E-state index contributed by atoms with van der Waals surface area (Å²) >= 11 is 5.77. The van der Waals surface area contributed by atoms with Gasteiger partial charge in [0.15, 0.2) is 6.10 Å². The van der Waals surface area contributed by atoms with Crippen LogP contribution in [0.15, 0.2) is 72.9 Å². The minimum atomic E-state index is -1.03. The monoisotopic (exact) mass is 410 g/mol. The minimum Gasteiger partial charge on any atom is -0.488 e. The normalized spacial score (nSPS) is 11.4. The molecule has 148 valence electrons. The molecule has 0 saturated carbocycles. The zero-order chi connectivity index (χ0) is 20.6. The maximum atomic E-state index is 12.6. The number of amides is 1. The van der Waals surface area contributed by atoms with Crippen molar-refractivity contribution in [3.8, 4) is 5.75 Å². The van der Waals surface area contributed by atoms with Gasteiger partial charge in [0, 0.05) is 6.20 Å². The number of carbonyl (C=O) groups is 2. The molecule has 0 radical (unpaired) electrons. The standard InChI is InChI=1S/C22H19ClN2O4/c1-15(21(26)25-20-12-11-17(23)13-24-20)29-22(27)18-9-5-6-10-19(18)28-14-16-7-3-2-4-8-16/h2-13,15H,14H2,1H3,(H,24,25,26)/t15-/m1/s1. The number of pyridine rings is 1. The third-order valence-corrected chi connectivity index (χ3v) is 4.20. The number of aromatic nitrogens is 1. The molecule has 0 aliphatic heterocycles. The first-order valence-corrected chi connectivity index (χ1v) is 9.30. The number of carbonyl (C=O) groups excluding carboxylic acids is 2. The summed E-state index contributed by atoms with van der Waals surface area (Å²) in [6, 6.07) is 19.5. The molecule has 0 bridgehead atoms. The van der Waals surface area contributed by atoms with Crippen molar-refractivity contribution in [3.63, 3.8) is 0 Å². The number of esters is 1. The van der Waals surface area contributed by atoms with Gasteiger partial charge in [-0.3, -0.25) is 4.79 Å². The second kappa shape index (κ2) is 9.71. The molecule has 1 amide bonds. The highest BCUT2D eigenvalue weighted by Crippen LogP contribution is 2.21. The topological polar surface area (TPSA) is 77.5 Å². The number of anilines is 1. The van der Waals surface area contributed by atoms with Crippen LogP contribution in [0.2, 0.25) is 5.02 Å². The van der Waals surface area contributed by atoms with Gasteiger partial charge in [0.05, 0.1) is 5.02 Å². The maximum absolute atomic E-state index is 12.6. The van der Waals surface area contributed by atoms with Crippen molar-refractivity contribution in [2.24, 2.45) is 0 Å². The molecule has 0 unspecified atom stereocenters. The van der Waals surface area contributed by atoms with Crippen molar-refractivity contribution in [3.05, 3.63) is 89.1 Å². The smallest absolute Gasteiger partial charge is 0.342 e. The Morgan fingerprint density at radius 3 is 2.48 bits per heavy atom. The third kappa shape index (κ3) is 5.80. The summed E-state index contributed by atoms with van der Waals surface area (Å²) in [5.74, 6) is -0.460. The first kappa shape index (κ1) is 20.4. The van der Waals surface area contributed by atoms with E-state index in [2.05, 4.69) is 10.3 Å². The molecule has 2 aromatic carbocycles. The number of halogens is 1. The lowest BCUT2D eigenvalue weighted by molar-refractivity contribution is -0.123. The van der Waals surface area contributed by atoms with Crippen LogP contribution in [0.25, 0.3) is 0 Å². The van der Waals surface area contributed by atoms with Gasteiger partial charge in [-0.25, -0.2) is 9.78 Å². The summed E-state index contributed by atoms with van der Waals surface area (Å²) in [5.41, 5.74) is 1.21. The summed E-state index contributed by atoms with van der Waals surface area (Å²) in [6.07, 6.45) is 0.385. The molecule has 1 N–H and O–H groups in total. The van der Waals surface area contributed by atoms with Crippen LogP contribution in [0.4, 0.5) is 5.82 Å². The predicted molar refractivity (Wildman–Crippen MR) is 110 cm³/mol. The van der Waals surface area contributed by atoms with Crippen molar-refractivity contribution in [2.75, 3.05) is 5.32 Å². The summed E-state index contributed by atoms with van der Waals surface area (Å²) in [4.78, 5) is 28.8. The Bertz CT molecular complexity index is 978. The van der Waals surface area contributed by atoms with Crippen LogP contribution in [0, 0.1) is 0 Å². The zero-order valence-electron chi connectivity index (χ0n) is 15.7. The van der Waals surface area contributed by atoms with Gasteiger partial charge in [0.1, 0.15) is 23.7 Å². The van der Waals surface area contributed by atoms with Crippen molar-refractivity contribution in [2.45, 2.75) is 19.6 Å². The number of para-hydroxylation sites is 1. The van der Waals surface area contributed by atoms with E-state index in [4.69, 9.17) is 21.1 Å². The number of hydrogen-bond donors (Lipinski definition) is 1. The summed E-state index contributed by atoms with van der Waals surface area (Å²) < 4.78 is 11.1. The molecule has 29 heavy (non-hydrogen) atoms. The molecule has 3 rings (SSSR count). The second-order valence-corrected chi connectivity index (χ2v) is 6.61. The highest BCUT2D eigenvalue weighted by molar-refractivity contribution is 6.30. The van der Waals surface area contributed by atoms with Crippen molar-refractivity contribution >= 4 is 29.3 Å². The lowest BCUT2D eigenvalue weighted by Gasteiger charge is -2.15. The number of nitrogens with one attached hydrogen (secondary N) is 1. The fourth-order valence-corrected chi connectivity index (χ4v) is 2.56. The fraction of sp³-hybridized carbons (Fsp3) is 0.136. The van der Waals surface area contributed by atoms with E-state index in [1.54, 1.807) is 36.4 Å². The largest absolute Gasteiger partial charge is 0.488 e. The lowest BCUT2D eigenvalue weighted by atomic mass is 10.2. The van der Waals surface area contributed by atoms with Crippen LogP contribution in [0.3, 0.4) is 0 Å². The molecule has 3 aromatic rings. The van der Waals surface area contributed by atoms with E-state index in [0.717, 1.165) is 5.56 Å². The molecule has 0 spiro atoms. The number of benzene rings is 2. The highest BCUT2D eigenvalue weighted by atomic mass is 35.5. The Kier molecular flexibility index (Phi) is 6.81. The average molecular weight is 411 g/mol. The van der Waals surface area contributed by atoms with Gasteiger partial charge in [-0.05, 0) is 36.8 Å². The fourth-order valence-electron chi connectivity index (χ4n) is 2.45. The van der Waals surface area contributed by atoms with E-state index in [1.807, 2.05) is 30.3 Å². The first-order valence-electron chi connectivity index (χ1n) is 8.92. The molecule has 0 aliphatic carbocycles. The van der Waals surface area contributed by atoms with Crippen molar-refractivity contribution < 1.29 is 19.1 Å². The Labute approximate surface area is 173 Å². The van der Waals surface area contributed by atoms with Gasteiger partial charge < -0.3 is 14.8 Å². The van der Waals surface area contributed by atoms with Gasteiger partial charge in [-0.2, -0.15) is 0 Å². The molecule has 0 saturated heterocycles. The number of hydrogen-bond acceptors (Lipinski definition) is 5. The number of nitrogens with zero attached hydrogens (tertiary/aromatic N) is 1. The Morgan fingerprint density at radius 1 is 1.03 bits per heavy atom. The lowest BCUT2D eigenvalue weighted by Crippen LogP contribution is -2.30. The summed E-state index contributed by atoms with van der Waals surface area (Å²) in [6.45, 7) is 1.79. The van der Waals surface area contributed by atoms with E-state index in [1.165, 1.54) is 13.1 Å². The van der Waals surface area contributed by atoms with Crippen LogP contribution < -0.4 is 10.1 Å². The van der Waals surface area contributed by atoms with E-state index < -0.39 is 18.0 Å². The zero-order valence-corrected chi connectivity index (χ0v) is 16.4. The van der Waals surface area contributed by atoms with Crippen LogP contribution in [0.5, 0.6) is 5.75 Å². The molecule has 6 nitrogen and oxygen atoms in total. The number of rotatable bonds is 7. The second-order valence-electron chi connectivity index (χ2n) is 6.17. The molecule has 0 fully saturated rings. The molecule has 0 aliphatic rings. The Morgan fingerprint density at radius 2 is 1.76 bits per heavy atom.